The van der Waals surface area contributed by atoms with Crippen LogP contribution in [0.3, 0.4) is 0 Å². The van der Waals surface area contributed by atoms with Crippen molar-refractivity contribution in [2.24, 2.45) is 0 Å². The van der Waals surface area contributed by atoms with Gasteiger partial charge in [-0.05, 0) is 6.92 Å². The average Bonchev–Trinajstić information content (AvgIpc) is 1.94. The maximum absolute atomic E-state index is 9.89. The molecule has 0 aromatic carbocycles. The lowest BCUT2D eigenvalue weighted by Gasteiger charge is -1.89. The summed E-state index contributed by atoms with van der Waals surface area (Å²) in [5.74, 6) is -0.178. The number of hydrogen-bond donors (Lipinski definition) is 1. The Kier molecular flexibility index (Phi) is 8.83. The van der Waals surface area contributed by atoms with Crippen LogP contribution < -0.4 is 0 Å². The van der Waals surface area contributed by atoms with E-state index in [4.69, 9.17) is 5.11 Å². The Balaban J connectivity index is 0. The van der Waals surface area contributed by atoms with E-state index in [1.54, 1.807) is 6.92 Å². The summed E-state index contributed by atoms with van der Waals surface area (Å²) in [6.07, 6.45) is 2.05. The number of hydrogen-bond acceptors (Lipinski definition) is 2. The zero-order valence-electron chi connectivity index (χ0n) is 6.13. The molecule has 0 radical (unpaired) electrons. The number of carbonyl (C=O) groups excluding carboxylic acids is 1. The first-order valence-electron chi connectivity index (χ1n) is 2.72. The van der Waals surface area contributed by atoms with Gasteiger partial charge in [-0.1, -0.05) is 12.7 Å². The third-order valence-electron chi connectivity index (χ3n) is 0.771. The number of aldehydes is 1. The lowest BCUT2D eigenvalue weighted by molar-refractivity contribution is -0.104. The highest BCUT2D eigenvalue weighted by Gasteiger charge is 1.92. The van der Waals surface area contributed by atoms with Gasteiger partial charge in [0.2, 0.25) is 0 Å². The summed E-state index contributed by atoms with van der Waals surface area (Å²) < 4.78 is 0. The molecule has 0 aromatic heterocycles. The molecule has 0 bridgehead atoms. The first-order valence-corrected chi connectivity index (χ1v) is 2.72. The Labute approximate surface area is 61.2 Å². The van der Waals surface area contributed by atoms with Gasteiger partial charge in [0, 0.05) is 0 Å². The molecule has 0 aromatic rings. The van der Waals surface area contributed by atoms with Gasteiger partial charge in [-0.3, -0.25) is 4.79 Å². The van der Waals surface area contributed by atoms with Crippen LogP contribution in [-0.4, -0.2) is 11.4 Å². The summed E-state index contributed by atoms with van der Waals surface area (Å²) >= 11 is 0. The smallest absolute Gasteiger partial charge is 0.153 e. The van der Waals surface area contributed by atoms with Gasteiger partial charge in [0.15, 0.2) is 6.29 Å². The Bertz CT molecular complexity index is 145. The third kappa shape index (κ3) is 4.84. The molecule has 0 aliphatic rings. The van der Waals surface area contributed by atoms with Crippen molar-refractivity contribution in [3.63, 3.8) is 0 Å². The van der Waals surface area contributed by atoms with Crippen LogP contribution in [0.15, 0.2) is 37.1 Å². The predicted octanol–water partition coefficient (Wildman–Crippen LogP) is 2.01. The van der Waals surface area contributed by atoms with Gasteiger partial charge in [-0.2, -0.15) is 0 Å². The number of rotatable bonds is 2. The van der Waals surface area contributed by atoms with Crippen molar-refractivity contribution in [2.75, 3.05) is 0 Å². The van der Waals surface area contributed by atoms with Crippen LogP contribution in [0.1, 0.15) is 6.92 Å². The molecule has 0 fully saturated rings. The summed E-state index contributed by atoms with van der Waals surface area (Å²) in [4.78, 5) is 9.89. The molecule has 0 aliphatic carbocycles. The highest BCUT2D eigenvalue weighted by molar-refractivity contribution is 5.78. The largest absolute Gasteiger partial charge is 0.508 e. The fourth-order valence-electron chi connectivity index (χ4n) is 0.303. The minimum Gasteiger partial charge on any atom is -0.508 e. The van der Waals surface area contributed by atoms with Crippen molar-refractivity contribution >= 4 is 6.29 Å². The van der Waals surface area contributed by atoms with Gasteiger partial charge in [0.05, 0.1) is 5.57 Å². The zero-order chi connectivity index (χ0) is 8.57. The van der Waals surface area contributed by atoms with Crippen molar-refractivity contribution in [1.82, 2.24) is 0 Å². The van der Waals surface area contributed by atoms with Crippen LogP contribution >= 0.6 is 0 Å². The molecule has 0 saturated heterocycles. The van der Waals surface area contributed by atoms with E-state index in [1.165, 1.54) is 6.08 Å². The lowest BCUT2D eigenvalue weighted by atomic mass is 10.2. The molecule has 0 atom stereocenters. The van der Waals surface area contributed by atoms with Gasteiger partial charge in [0.25, 0.3) is 0 Å². The molecule has 0 aliphatic heterocycles. The summed E-state index contributed by atoms with van der Waals surface area (Å²) in [6, 6.07) is 0. The monoisotopic (exact) mass is 140 g/mol. The first-order chi connectivity index (χ1) is 4.72. The quantitative estimate of drug-likeness (QED) is 0.209. The highest BCUT2D eigenvalue weighted by atomic mass is 16.3. The van der Waals surface area contributed by atoms with E-state index in [0.29, 0.717) is 6.29 Å². The van der Waals surface area contributed by atoms with Crippen LogP contribution in [-0.2, 0) is 4.79 Å². The van der Waals surface area contributed by atoms with Gasteiger partial charge in [0.1, 0.15) is 5.76 Å². The standard InChI is InChI=1S/C6H8O2.C2H4/c1-3-6(4-7)5(2)8;1-2/h3-4,8H,2H2,1H3;1-2H2/b6-3-;. The second-order valence-corrected chi connectivity index (χ2v) is 1.31. The molecule has 2 heteroatoms. The molecule has 0 saturated carbocycles. The van der Waals surface area contributed by atoms with Crippen molar-refractivity contribution in [3.8, 4) is 0 Å². The summed E-state index contributed by atoms with van der Waals surface area (Å²) in [5, 5.41) is 8.52. The van der Waals surface area contributed by atoms with E-state index in [1.807, 2.05) is 0 Å². The second kappa shape index (κ2) is 7.69. The van der Waals surface area contributed by atoms with E-state index in [-0.39, 0.29) is 11.3 Å². The minimum atomic E-state index is -0.178. The average molecular weight is 140 g/mol. The maximum atomic E-state index is 9.89. The van der Waals surface area contributed by atoms with E-state index in [2.05, 4.69) is 19.7 Å². The van der Waals surface area contributed by atoms with Crippen molar-refractivity contribution in [3.05, 3.63) is 37.1 Å². The highest BCUT2D eigenvalue weighted by Crippen LogP contribution is 1.97. The summed E-state index contributed by atoms with van der Waals surface area (Å²) in [7, 11) is 0. The molecule has 56 valence electrons. The van der Waals surface area contributed by atoms with Gasteiger partial charge < -0.3 is 5.11 Å². The second-order valence-electron chi connectivity index (χ2n) is 1.31. The minimum absolute atomic E-state index is 0.178. The Morgan fingerprint density at radius 3 is 1.90 bits per heavy atom. The predicted molar refractivity (Wildman–Crippen MR) is 42.8 cm³/mol. The molecule has 0 heterocycles. The first kappa shape index (κ1) is 11.5. The van der Waals surface area contributed by atoms with Crippen molar-refractivity contribution in [2.45, 2.75) is 6.92 Å². The number of aliphatic hydroxyl groups excluding tert-OH is 1. The maximum Gasteiger partial charge on any atom is 0.153 e. The number of aliphatic hydroxyl groups is 1. The van der Waals surface area contributed by atoms with E-state index in [9.17, 15) is 4.79 Å². The fraction of sp³-hybridized carbons (Fsp3) is 0.125. The van der Waals surface area contributed by atoms with Gasteiger partial charge >= 0.3 is 0 Å². The van der Waals surface area contributed by atoms with Crippen LogP contribution in [0.25, 0.3) is 0 Å². The molecule has 0 unspecified atom stereocenters. The van der Waals surface area contributed by atoms with Crippen LogP contribution in [0, 0.1) is 0 Å². The van der Waals surface area contributed by atoms with Crippen LogP contribution in [0.5, 0.6) is 0 Å². The van der Waals surface area contributed by atoms with Gasteiger partial charge in [-0.15, -0.1) is 13.2 Å². The summed E-state index contributed by atoms with van der Waals surface area (Å²) in [5.41, 5.74) is 0.241. The van der Waals surface area contributed by atoms with Crippen LogP contribution in [0.4, 0.5) is 0 Å². The Morgan fingerprint density at radius 2 is 1.90 bits per heavy atom. The lowest BCUT2D eigenvalue weighted by Crippen LogP contribution is -1.85. The molecule has 2 nitrogen and oxygen atoms in total. The molecule has 0 rings (SSSR count). The van der Waals surface area contributed by atoms with Crippen LogP contribution in [0.2, 0.25) is 0 Å². The van der Waals surface area contributed by atoms with Crippen molar-refractivity contribution in [1.29, 1.82) is 0 Å². The van der Waals surface area contributed by atoms with E-state index in [0.717, 1.165) is 0 Å². The Morgan fingerprint density at radius 1 is 1.50 bits per heavy atom. The normalized spacial score (nSPS) is 9.10. The Hall–Kier alpha value is -1.31. The molecule has 0 spiro atoms. The molecular weight excluding hydrogens is 128 g/mol. The molecular formula is C8H12O2. The van der Waals surface area contributed by atoms with Crippen molar-refractivity contribution < 1.29 is 9.90 Å². The zero-order valence-corrected chi connectivity index (χ0v) is 6.13. The number of carbonyl (C=O) groups is 1. The van der Waals surface area contributed by atoms with E-state index < -0.39 is 0 Å². The SMILES string of the molecule is C=C.C=C(O)/C(C=O)=C\C. The topological polar surface area (TPSA) is 37.3 Å². The molecule has 0 amide bonds. The molecule has 10 heavy (non-hydrogen) atoms. The fourth-order valence-corrected chi connectivity index (χ4v) is 0.303. The molecule has 1 N–H and O–H groups in total. The van der Waals surface area contributed by atoms with Gasteiger partial charge in [-0.25, -0.2) is 0 Å². The number of allylic oxidation sites excluding steroid dienone is 2. The summed E-state index contributed by atoms with van der Waals surface area (Å²) in [6.45, 7) is 10.8. The van der Waals surface area contributed by atoms with E-state index >= 15 is 0 Å². The third-order valence-corrected chi connectivity index (χ3v) is 0.771.